The lowest BCUT2D eigenvalue weighted by atomic mass is 10.2. The molecule has 0 spiro atoms. The third kappa shape index (κ3) is 3.05. The zero-order valence-corrected chi connectivity index (χ0v) is 7.83. The molecule has 0 radical (unpaired) electrons. The van der Waals surface area contributed by atoms with Gasteiger partial charge in [0.05, 0.1) is 6.33 Å². The van der Waals surface area contributed by atoms with E-state index in [1.165, 1.54) is 0 Å². The highest BCUT2D eigenvalue weighted by atomic mass is 15.0. The van der Waals surface area contributed by atoms with E-state index in [9.17, 15) is 0 Å². The molecule has 68 valence electrons. The molecule has 0 saturated heterocycles. The van der Waals surface area contributed by atoms with Crippen LogP contribution in [0.25, 0.3) is 0 Å². The maximum Gasteiger partial charge on any atom is 0.0946 e. The minimum Gasteiger partial charge on any atom is -0.337 e. The van der Waals surface area contributed by atoms with E-state index >= 15 is 0 Å². The molecule has 1 rings (SSSR count). The topological polar surface area (TPSA) is 29.9 Å². The molecule has 0 fully saturated rings. The van der Waals surface area contributed by atoms with Crippen molar-refractivity contribution in [2.75, 3.05) is 13.1 Å². The summed E-state index contributed by atoms with van der Waals surface area (Å²) in [6.07, 6.45) is 5.69. The van der Waals surface area contributed by atoms with Gasteiger partial charge in [-0.2, -0.15) is 0 Å². The molecule has 0 aliphatic heterocycles. The van der Waals surface area contributed by atoms with E-state index in [-0.39, 0.29) is 0 Å². The Bertz CT molecular complexity index is 194. The molecular formula is C9H17N3. The number of aromatic nitrogens is 2. The van der Waals surface area contributed by atoms with Gasteiger partial charge in [-0.05, 0) is 19.0 Å². The van der Waals surface area contributed by atoms with Gasteiger partial charge in [0.2, 0.25) is 0 Å². The van der Waals surface area contributed by atoms with Gasteiger partial charge in [0.25, 0.3) is 0 Å². The number of hydrogen-bond donors (Lipinski definition) is 1. The van der Waals surface area contributed by atoms with Gasteiger partial charge in [-0.1, -0.05) is 13.8 Å². The normalized spacial score (nSPS) is 13.2. The largest absolute Gasteiger partial charge is 0.337 e. The molecule has 0 saturated carbocycles. The van der Waals surface area contributed by atoms with Crippen LogP contribution in [0.5, 0.6) is 0 Å². The Morgan fingerprint density at radius 3 is 3.00 bits per heavy atom. The summed E-state index contributed by atoms with van der Waals surface area (Å²) in [5.41, 5.74) is 0. The fourth-order valence-corrected chi connectivity index (χ4v) is 1.21. The molecule has 3 heteroatoms. The van der Waals surface area contributed by atoms with Crippen LogP contribution in [0.15, 0.2) is 18.7 Å². The second kappa shape index (κ2) is 4.93. The Morgan fingerprint density at radius 2 is 2.42 bits per heavy atom. The van der Waals surface area contributed by atoms with Crippen molar-refractivity contribution in [2.24, 2.45) is 5.92 Å². The summed E-state index contributed by atoms with van der Waals surface area (Å²) in [5.74, 6) is 0.666. The van der Waals surface area contributed by atoms with Crippen molar-refractivity contribution in [1.29, 1.82) is 0 Å². The van der Waals surface area contributed by atoms with Crippen molar-refractivity contribution in [3.63, 3.8) is 0 Å². The van der Waals surface area contributed by atoms with E-state index in [0.717, 1.165) is 19.6 Å². The first-order valence-electron chi connectivity index (χ1n) is 4.49. The second-order valence-electron chi connectivity index (χ2n) is 3.17. The van der Waals surface area contributed by atoms with E-state index < -0.39 is 0 Å². The maximum absolute atomic E-state index is 4.00. The van der Waals surface area contributed by atoms with E-state index in [1.54, 1.807) is 0 Å². The molecule has 1 atom stereocenters. The Balaban J connectivity index is 2.22. The first-order valence-corrected chi connectivity index (χ1v) is 4.49. The smallest absolute Gasteiger partial charge is 0.0946 e. The summed E-state index contributed by atoms with van der Waals surface area (Å²) in [4.78, 5) is 4.00. The van der Waals surface area contributed by atoms with Crippen LogP contribution in [-0.4, -0.2) is 22.6 Å². The van der Waals surface area contributed by atoms with Crippen molar-refractivity contribution in [3.8, 4) is 0 Å². The number of nitrogens with one attached hydrogen (secondary N) is 1. The van der Waals surface area contributed by atoms with E-state index in [4.69, 9.17) is 0 Å². The quantitative estimate of drug-likeness (QED) is 0.712. The maximum atomic E-state index is 4.00. The Labute approximate surface area is 73.8 Å². The lowest BCUT2D eigenvalue weighted by molar-refractivity contribution is 0.451. The molecule has 1 N–H and O–H groups in total. The molecule has 0 aromatic carbocycles. The van der Waals surface area contributed by atoms with Gasteiger partial charge in [-0.3, -0.25) is 0 Å². The van der Waals surface area contributed by atoms with E-state index in [1.807, 2.05) is 18.7 Å². The predicted molar refractivity (Wildman–Crippen MR) is 49.9 cm³/mol. The average Bonchev–Trinajstić information content (AvgIpc) is 2.53. The summed E-state index contributed by atoms with van der Waals surface area (Å²) in [6, 6.07) is 0. The van der Waals surface area contributed by atoms with Gasteiger partial charge in [0.1, 0.15) is 0 Å². The summed E-state index contributed by atoms with van der Waals surface area (Å²) < 4.78 is 2.11. The minimum absolute atomic E-state index is 0.666. The van der Waals surface area contributed by atoms with Crippen molar-refractivity contribution < 1.29 is 0 Å². The first-order chi connectivity index (χ1) is 5.83. The van der Waals surface area contributed by atoms with E-state index in [2.05, 4.69) is 28.7 Å². The van der Waals surface area contributed by atoms with Crippen LogP contribution in [0.3, 0.4) is 0 Å². The van der Waals surface area contributed by atoms with Crippen molar-refractivity contribution in [3.05, 3.63) is 18.7 Å². The number of nitrogens with zero attached hydrogens (tertiary/aromatic N) is 2. The van der Waals surface area contributed by atoms with Crippen LogP contribution in [-0.2, 0) is 6.54 Å². The summed E-state index contributed by atoms with van der Waals surface area (Å²) in [5, 5.41) is 3.33. The summed E-state index contributed by atoms with van der Waals surface area (Å²) in [7, 11) is 0. The van der Waals surface area contributed by atoms with Gasteiger partial charge in [-0.25, -0.2) is 4.98 Å². The monoisotopic (exact) mass is 167 g/mol. The van der Waals surface area contributed by atoms with Gasteiger partial charge in [0.15, 0.2) is 0 Å². The Morgan fingerprint density at radius 1 is 1.58 bits per heavy atom. The second-order valence-corrected chi connectivity index (χ2v) is 3.17. The highest BCUT2D eigenvalue weighted by Crippen LogP contribution is 1.97. The molecule has 0 amide bonds. The van der Waals surface area contributed by atoms with Gasteiger partial charge < -0.3 is 9.88 Å². The van der Waals surface area contributed by atoms with Crippen molar-refractivity contribution >= 4 is 0 Å². The summed E-state index contributed by atoms with van der Waals surface area (Å²) in [6.45, 7) is 7.54. The Kier molecular flexibility index (Phi) is 3.80. The van der Waals surface area contributed by atoms with Gasteiger partial charge in [0, 0.05) is 18.9 Å². The molecule has 0 aliphatic rings. The molecule has 12 heavy (non-hydrogen) atoms. The highest BCUT2D eigenvalue weighted by Gasteiger charge is 2.00. The predicted octanol–water partition coefficient (Wildman–Crippen LogP) is 1.13. The third-order valence-electron chi connectivity index (χ3n) is 1.82. The zero-order chi connectivity index (χ0) is 8.81. The fraction of sp³-hybridized carbons (Fsp3) is 0.667. The Hall–Kier alpha value is -0.830. The number of hydrogen-bond acceptors (Lipinski definition) is 2. The molecule has 1 heterocycles. The van der Waals surface area contributed by atoms with Crippen molar-refractivity contribution in [2.45, 2.75) is 20.4 Å². The van der Waals surface area contributed by atoms with Crippen LogP contribution < -0.4 is 5.32 Å². The van der Waals surface area contributed by atoms with Crippen LogP contribution in [0.2, 0.25) is 0 Å². The van der Waals surface area contributed by atoms with Crippen LogP contribution in [0.4, 0.5) is 0 Å². The number of imidazole rings is 1. The van der Waals surface area contributed by atoms with Crippen LogP contribution in [0.1, 0.15) is 13.8 Å². The zero-order valence-electron chi connectivity index (χ0n) is 7.83. The molecular weight excluding hydrogens is 150 g/mol. The molecule has 1 unspecified atom stereocenters. The molecule has 0 aliphatic carbocycles. The molecule has 1 aromatic rings. The van der Waals surface area contributed by atoms with Gasteiger partial charge >= 0.3 is 0 Å². The van der Waals surface area contributed by atoms with Crippen LogP contribution >= 0.6 is 0 Å². The number of rotatable bonds is 5. The SMILES string of the molecule is CCNCC(C)Cn1ccnc1. The van der Waals surface area contributed by atoms with Crippen molar-refractivity contribution in [1.82, 2.24) is 14.9 Å². The lowest BCUT2D eigenvalue weighted by Crippen LogP contribution is -2.23. The first kappa shape index (κ1) is 9.26. The van der Waals surface area contributed by atoms with E-state index in [0.29, 0.717) is 5.92 Å². The molecule has 1 aromatic heterocycles. The minimum atomic E-state index is 0.666. The summed E-state index contributed by atoms with van der Waals surface area (Å²) >= 11 is 0. The molecule has 0 bridgehead atoms. The molecule has 3 nitrogen and oxygen atoms in total. The highest BCUT2D eigenvalue weighted by molar-refractivity contribution is 4.75. The average molecular weight is 167 g/mol. The third-order valence-corrected chi connectivity index (χ3v) is 1.82. The lowest BCUT2D eigenvalue weighted by Gasteiger charge is -2.11. The standard InChI is InChI=1S/C9H17N3/c1-3-10-6-9(2)7-12-5-4-11-8-12/h4-5,8-10H,3,6-7H2,1-2H3. The van der Waals surface area contributed by atoms with Crippen LogP contribution in [0, 0.1) is 5.92 Å². The fourth-order valence-electron chi connectivity index (χ4n) is 1.21. The van der Waals surface area contributed by atoms with Gasteiger partial charge in [-0.15, -0.1) is 0 Å².